The molecule has 1 aromatic heterocycles. The number of halogens is 2. The fraction of sp³-hybridized carbons (Fsp3) is 0.100. The van der Waals surface area contributed by atoms with Crippen LogP contribution in [0.1, 0.15) is 31.2 Å². The van der Waals surface area contributed by atoms with Crippen molar-refractivity contribution >= 4 is 45.4 Å². The summed E-state index contributed by atoms with van der Waals surface area (Å²) in [6, 6.07) is 12.4. The Bertz CT molecular complexity index is 1030. The van der Waals surface area contributed by atoms with E-state index in [1.165, 1.54) is 18.2 Å². The third-order valence-electron chi connectivity index (χ3n) is 3.90. The maximum absolute atomic E-state index is 13.3. The summed E-state index contributed by atoms with van der Waals surface area (Å²) in [6.45, 7) is 3.66. The highest BCUT2D eigenvalue weighted by Crippen LogP contribution is 2.29. The van der Waals surface area contributed by atoms with Gasteiger partial charge in [-0.3, -0.25) is 9.59 Å². The molecule has 0 saturated carbocycles. The van der Waals surface area contributed by atoms with Gasteiger partial charge < -0.3 is 10.6 Å². The average Bonchev–Trinajstić information content (AvgIpc) is 2.98. The number of thiophene rings is 1. The Morgan fingerprint density at radius 3 is 2.48 bits per heavy atom. The lowest BCUT2D eigenvalue weighted by Gasteiger charge is -2.08. The molecule has 7 heteroatoms. The van der Waals surface area contributed by atoms with Crippen LogP contribution in [0.4, 0.5) is 15.1 Å². The minimum atomic E-state index is -0.484. The summed E-state index contributed by atoms with van der Waals surface area (Å²) in [5.41, 5.74) is 2.46. The molecule has 4 nitrogen and oxygen atoms in total. The van der Waals surface area contributed by atoms with Gasteiger partial charge in [0.25, 0.3) is 11.8 Å². The van der Waals surface area contributed by atoms with Crippen molar-refractivity contribution < 1.29 is 14.0 Å². The van der Waals surface area contributed by atoms with Gasteiger partial charge in [-0.2, -0.15) is 0 Å². The molecule has 0 aliphatic carbocycles. The molecule has 138 valence electrons. The lowest BCUT2D eigenvalue weighted by molar-refractivity contribution is 0.101. The summed E-state index contributed by atoms with van der Waals surface area (Å²) < 4.78 is 13.3. The van der Waals surface area contributed by atoms with Gasteiger partial charge in [0, 0.05) is 16.3 Å². The highest BCUT2D eigenvalue weighted by molar-refractivity contribution is 7.18. The lowest BCUT2D eigenvalue weighted by atomic mass is 10.2. The van der Waals surface area contributed by atoms with Crippen molar-refractivity contribution in [3.05, 3.63) is 80.9 Å². The van der Waals surface area contributed by atoms with Gasteiger partial charge >= 0.3 is 0 Å². The fourth-order valence-corrected chi connectivity index (χ4v) is 3.63. The quantitative estimate of drug-likeness (QED) is 0.591. The zero-order chi connectivity index (χ0) is 19.6. The van der Waals surface area contributed by atoms with Crippen molar-refractivity contribution in [2.75, 3.05) is 10.6 Å². The number of amides is 2. The van der Waals surface area contributed by atoms with Gasteiger partial charge in [0.15, 0.2) is 0 Å². The average molecular weight is 403 g/mol. The van der Waals surface area contributed by atoms with Crippen LogP contribution in [-0.2, 0) is 0 Å². The van der Waals surface area contributed by atoms with Crippen LogP contribution in [0.2, 0.25) is 5.02 Å². The van der Waals surface area contributed by atoms with Crippen molar-refractivity contribution in [2.45, 2.75) is 13.8 Å². The molecule has 3 aromatic rings. The number of benzene rings is 2. The number of aryl methyl sites for hydroxylation is 2. The highest BCUT2D eigenvalue weighted by Gasteiger charge is 2.17. The van der Waals surface area contributed by atoms with Crippen LogP contribution in [0.15, 0.2) is 48.5 Å². The topological polar surface area (TPSA) is 58.2 Å². The fourth-order valence-electron chi connectivity index (χ4n) is 2.49. The van der Waals surface area contributed by atoms with Crippen LogP contribution in [0.3, 0.4) is 0 Å². The molecule has 2 amide bonds. The van der Waals surface area contributed by atoms with E-state index in [-0.39, 0.29) is 11.5 Å². The van der Waals surface area contributed by atoms with Crippen LogP contribution < -0.4 is 10.6 Å². The van der Waals surface area contributed by atoms with Crippen LogP contribution in [0.25, 0.3) is 0 Å². The van der Waals surface area contributed by atoms with Crippen molar-refractivity contribution in [1.82, 2.24) is 0 Å². The largest absolute Gasteiger partial charge is 0.321 e. The molecule has 0 aliphatic rings. The number of hydrogen-bond donors (Lipinski definition) is 2. The minimum Gasteiger partial charge on any atom is -0.321 e. The summed E-state index contributed by atoms with van der Waals surface area (Å²) in [4.78, 5) is 25.3. The first kappa shape index (κ1) is 19.1. The van der Waals surface area contributed by atoms with Crippen LogP contribution in [0.5, 0.6) is 0 Å². The van der Waals surface area contributed by atoms with Gasteiger partial charge in [0.1, 0.15) is 5.82 Å². The van der Waals surface area contributed by atoms with Gasteiger partial charge in [-0.05, 0) is 61.4 Å². The van der Waals surface area contributed by atoms with E-state index in [4.69, 9.17) is 11.6 Å². The van der Waals surface area contributed by atoms with Gasteiger partial charge in [-0.1, -0.05) is 23.7 Å². The third-order valence-corrected chi connectivity index (χ3v) is 5.28. The number of carbonyl (C=O) groups excluding carboxylic acids is 2. The molecule has 0 saturated heterocycles. The second-order valence-electron chi connectivity index (χ2n) is 6.00. The molecule has 0 spiro atoms. The molecule has 0 unspecified atom stereocenters. The van der Waals surface area contributed by atoms with Crippen LogP contribution in [-0.4, -0.2) is 11.8 Å². The van der Waals surface area contributed by atoms with Crippen LogP contribution in [0, 0.1) is 19.7 Å². The smallest absolute Gasteiger partial charge is 0.266 e. The maximum Gasteiger partial charge on any atom is 0.266 e. The van der Waals surface area contributed by atoms with Gasteiger partial charge in [-0.15, -0.1) is 11.3 Å². The Balaban J connectivity index is 1.76. The monoisotopic (exact) mass is 402 g/mol. The normalized spacial score (nSPS) is 10.5. The van der Waals surface area contributed by atoms with E-state index in [9.17, 15) is 14.0 Å². The first-order valence-corrected chi connectivity index (χ1v) is 9.28. The predicted octanol–water partition coefficient (Wildman–Crippen LogP) is 5.66. The van der Waals surface area contributed by atoms with Crippen molar-refractivity contribution in [3.63, 3.8) is 0 Å². The summed E-state index contributed by atoms with van der Waals surface area (Å²) >= 11 is 7.14. The molecule has 0 bridgehead atoms. The first-order chi connectivity index (χ1) is 12.8. The molecular formula is C20H16ClFN2O2S. The lowest BCUT2D eigenvalue weighted by Crippen LogP contribution is -2.12. The minimum absolute atomic E-state index is 0.210. The SMILES string of the molecule is Cc1ccc(Cl)cc1NC(=O)c1sc(NC(=O)c2cccc(F)c2)cc1C. The van der Waals surface area contributed by atoms with Crippen molar-refractivity contribution in [1.29, 1.82) is 0 Å². The van der Waals surface area contributed by atoms with Gasteiger partial charge in [0.05, 0.1) is 9.88 Å². The highest BCUT2D eigenvalue weighted by atomic mass is 35.5. The third kappa shape index (κ3) is 4.53. The van der Waals surface area contributed by atoms with E-state index in [0.29, 0.717) is 20.6 Å². The first-order valence-electron chi connectivity index (χ1n) is 8.08. The number of rotatable bonds is 4. The predicted molar refractivity (Wildman–Crippen MR) is 108 cm³/mol. The molecule has 2 N–H and O–H groups in total. The Morgan fingerprint density at radius 1 is 0.963 bits per heavy atom. The van der Waals surface area contributed by atoms with Crippen molar-refractivity contribution in [3.8, 4) is 0 Å². The van der Waals surface area contributed by atoms with E-state index in [1.54, 1.807) is 25.1 Å². The zero-order valence-electron chi connectivity index (χ0n) is 14.6. The molecule has 0 fully saturated rings. The Morgan fingerprint density at radius 2 is 1.74 bits per heavy atom. The summed E-state index contributed by atoms with van der Waals surface area (Å²) in [7, 11) is 0. The summed E-state index contributed by atoms with van der Waals surface area (Å²) in [5.74, 6) is -1.20. The molecule has 2 aromatic carbocycles. The Hall–Kier alpha value is -2.70. The standard InChI is InChI=1S/C20H16ClFN2O2S/c1-11-6-7-14(21)10-16(11)23-20(26)18-12(2)8-17(27-18)24-19(25)13-4-3-5-15(22)9-13/h3-10H,1-2H3,(H,23,26)(H,24,25). The molecule has 3 rings (SSSR count). The maximum atomic E-state index is 13.3. The molecule has 0 atom stereocenters. The second kappa shape index (κ2) is 7.90. The van der Waals surface area contributed by atoms with E-state index >= 15 is 0 Å². The van der Waals surface area contributed by atoms with Crippen molar-refractivity contribution in [2.24, 2.45) is 0 Å². The molecule has 0 radical (unpaired) electrons. The summed E-state index contributed by atoms with van der Waals surface area (Å²) in [5, 5.41) is 6.57. The second-order valence-corrected chi connectivity index (χ2v) is 7.49. The van der Waals surface area contributed by atoms with Gasteiger partial charge in [-0.25, -0.2) is 4.39 Å². The Labute approximate surface area is 165 Å². The molecule has 1 heterocycles. The molecular weight excluding hydrogens is 387 g/mol. The molecule has 0 aliphatic heterocycles. The number of carbonyl (C=O) groups is 2. The van der Waals surface area contributed by atoms with E-state index in [0.717, 1.165) is 28.5 Å². The summed E-state index contributed by atoms with van der Waals surface area (Å²) in [6.07, 6.45) is 0. The van der Waals surface area contributed by atoms with Gasteiger partial charge in [0.2, 0.25) is 0 Å². The number of anilines is 2. The number of nitrogens with one attached hydrogen (secondary N) is 2. The zero-order valence-corrected chi connectivity index (χ0v) is 16.2. The van der Waals surface area contributed by atoms with E-state index in [2.05, 4.69) is 10.6 Å². The number of hydrogen-bond acceptors (Lipinski definition) is 3. The van der Waals surface area contributed by atoms with Crippen LogP contribution >= 0.6 is 22.9 Å². The van der Waals surface area contributed by atoms with E-state index in [1.807, 2.05) is 13.0 Å². The molecule has 27 heavy (non-hydrogen) atoms. The Kier molecular flexibility index (Phi) is 5.58. The van der Waals surface area contributed by atoms with E-state index < -0.39 is 11.7 Å².